The van der Waals surface area contributed by atoms with Crippen molar-refractivity contribution < 1.29 is 4.74 Å². The van der Waals surface area contributed by atoms with Crippen molar-refractivity contribution in [1.82, 2.24) is 10.2 Å². The Morgan fingerprint density at radius 2 is 1.94 bits per heavy atom. The third-order valence-electron chi connectivity index (χ3n) is 4.77. The molecule has 2 fully saturated rings. The van der Waals surface area contributed by atoms with Crippen molar-refractivity contribution in [3.8, 4) is 0 Å². The molecule has 0 bridgehead atoms. The Bertz CT molecular complexity index is 241. The minimum absolute atomic E-state index is 0.556. The van der Waals surface area contributed by atoms with Crippen LogP contribution in [0.15, 0.2) is 0 Å². The SMILES string of the molecule is CC1CN(C)C(C)CC1NCCOC1CCCC1. The fourth-order valence-corrected chi connectivity index (χ4v) is 3.35. The van der Waals surface area contributed by atoms with Crippen LogP contribution in [0.1, 0.15) is 46.0 Å². The van der Waals surface area contributed by atoms with Gasteiger partial charge < -0.3 is 15.0 Å². The van der Waals surface area contributed by atoms with Gasteiger partial charge in [0, 0.05) is 25.2 Å². The first kappa shape index (κ1) is 14.3. The minimum atomic E-state index is 0.556. The smallest absolute Gasteiger partial charge is 0.0594 e. The molecule has 1 N–H and O–H groups in total. The predicted octanol–water partition coefficient (Wildman–Crippen LogP) is 2.26. The summed E-state index contributed by atoms with van der Waals surface area (Å²) >= 11 is 0. The average molecular weight is 254 g/mol. The highest BCUT2D eigenvalue weighted by molar-refractivity contribution is 4.85. The Kier molecular flexibility index (Phi) is 5.46. The van der Waals surface area contributed by atoms with Crippen LogP contribution in [-0.4, -0.2) is 49.8 Å². The monoisotopic (exact) mass is 254 g/mol. The van der Waals surface area contributed by atoms with E-state index in [1.54, 1.807) is 0 Å². The summed E-state index contributed by atoms with van der Waals surface area (Å²) in [6.07, 6.45) is 7.11. The fraction of sp³-hybridized carbons (Fsp3) is 1.00. The van der Waals surface area contributed by atoms with Gasteiger partial charge in [0.05, 0.1) is 12.7 Å². The van der Waals surface area contributed by atoms with E-state index < -0.39 is 0 Å². The van der Waals surface area contributed by atoms with Crippen LogP contribution in [0.25, 0.3) is 0 Å². The summed E-state index contributed by atoms with van der Waals surface area (Å²) in [5, 5.41) is 3.69. The van der Waals surface area contributed by atoms with E-state index in [2.05, 4.69) is 31.1 Å². The van der Waals surface area contributed by atoms with Gasteiger partial charge in [0.25, 0.3) is 0 Å². The molecule has 0 spiro atoms. The molecule has 3 atom stereocenters. The van der Waals surface area contributed by atoms with Crippen LogP contribution < -0.4 is 5.32 Å². The van der Waals surface area contributed by atoms with E-state index in [0.29, 0.717) is 18.2 Å². The summed E-state index contributed by atoms with van der Waals surface area (Å²) in [5.41, 5.74) is 0. The maximum absolute atomic E-state index is 5.90. The van der Waals surface area contributed by atoms with Gasteiger partial charge in [0.2, 0.25) is 0 Å². The van der Waals surface area contributed by atoms with E-state index in [9.17, 15) is 0 Å². The van der Waals surface area contributed by atoms with Crippen molar-refractivity contribution in [2.24, 2.45) is 5.92 Å². The molecule has 0 radical (unpaired) electrons. The Morgan fingerprint density at radius 3 is 2.67 bits per heavy atom. The van der Waals surface area contributed by atoms with Gasteiger partial charge >= 0.3 is 0 Å². The molecule has 1 saturated carbocycles. The molecule has 0 aromatic rings. The zero-order valence-electron chi connectivity index (χ0n) is 12.3. The van der Waals surface area contributed by atoms with Crippen molar-refractivity contribution in [2.75, 3.05) is 26.7 Å². The van der Waals surface area contributed by atoms with E-state index in [1.165, 1.54) is 38.6 Å². The van der Waals surface area contributed by atoms with E-state index in [0.717, 1.165) is 19.1 Å². The van der Waals surface area contributed by atoms with Gasteiger partial charge in [-0.2, -0.15) is 0 Å². The van der Waals surface area contributed by atoms with Crippen LogP contribution in [0.4, 0.5) is 0 Å². The van der Waals surface area contributed by atoms with Crippen molar-refractivity contribution >= 4 is 0 Å². The maximum atomic E-state index is 5.90. The predicted molar refractivity (Wildman–Crippen MR) is 75.9 cm³/mol. The third kappa shape index (κ3) is 3.94. The highest BCUT2D eigenvalue weighted by Crippen LogP contribution is 2.21. The second kappa shape index (κ2) is 6.88. The van der Waals surface area contributed by atoms with Crippen LogP contribution in [0.3, 0.4) is 0 Å². The normalized spacial score (nSPS) is 35.2. The van der Waals surface area contributed by atoms with Crippen LogP contribution >= 0.6 is 0 Å². The van der Waals surface area contributed by atoms with Crippen LogP contribution in [0.5, 0.6) is 0 Å². The molecule has 1 saturated heterocycles. The molecule has 1 aliphatic heterocycles. The van der Waals surface area contributed by atoms with Gasteiger partial charge in [-0.1, -0.05) is 19.8 Å². The second-order valence-electron chi connectivity index (χ2n) is 6.34. The summed E-state index contributed by atoms with van der Waals surface area (Å²) in [6, 6.07) is 1.37. The molecule has 3 unspecified atom stereocenters. The third-order valence-corrected chi connectivity index (χ3v) is 4.77. The second-order valence-corrected chi connectivity index (χ2v) is 6.34. The molecule has 0 amide bonds. The Morgan fingerprint density at radius 1 is 1.22 bits per heavy atom. The Labute approximate surface area is 112 Å². The van der Waals surface area contributed by atoms with Gasteiger partial charge in [-0.3, -0.25) is 0 Å². The highest BCUT2D eigenvalue weighted by Gasteiger charge is 2.28. The Balaban J connectivity index is 1.60. The summed E-state index contributed by atoms with van der Waals surface area (Å²) in [7, 11) is 2.24. The van der Waals surface area contributed by atoms with Crippen LogP contribution in [0.2, 0.25) is 0 Å². The molecule has 3 heteroatoms. The lowest BCUT2D eigenvalue weighted by Gasteiger charge is -2.40. The first-order valence-corrected chi connectivity index (χ1v) is 7.72. The number of ether oxygens (including phenoxy) is 1. The summed E-state index contributed by atoms with van der Waals surface area (Å²) in [4.78, 5) is 2.47. The lowest BCUT2D eigenvalue weighted by atomic mass is 9.90. The number of hydrogen-bond donors (Lipinski definition) is 1. The standard InChI is InChI=1S/C15H30N2O/c1-12-11-17(3)13(2)10-15(12)16-8-9-18-14-6-4-5-7-14/h12-16H,4-11H2,1-3H3. The lowest BCUT2D eigenvalue weighted by molar-refractivity contribution is 0.0533. The Hall–Kier alpha value is -0.120. The number of rotatable bonds is 5. The zero-order chi connectivity index (χ0) is 13.0. The molecule has 0 aromatic carbocycles. The molecule has 1 aliphatic carbocycles. The molecule has 2 aliphatic rings. The largest absolute Gasteiger partial charge is 0.377 e. The molecule has 0 aromatic heterocycles. The summed E-state index contributed by atoms with van der Waals surface area (Å²) < 4.78 is 5.90. The van der Waals surface area contributed by atoms with Crippen molar-refractivity contribution in [3.05, 3.63) is 0 Å². The molecule has 1 heterocycles. The number of hydrogen-bond acceptors (Lipinski definition) is 3. The molecule has 18 heavy (non-hydrogen) atoms. The first-order valence-electron chi connectivity index (χ1n) is 7.72. The molecule has 2 rings (SSSR count). The van der Waals surface area contributed by atoms with Crippen molar-refractivity contribution in [3.63, 3.8) is 0 Å². The van der Waals surface area contributed by atoms with E-state index in [-0.39, 0.29) is 0 Å². The quantitative estimate of drug-likeness (QED) is 0.762. The van der Waals surface area contributed by atoms with E-state index in [1.807, 2.05) is 0 Å². The van der Waals surface area contributed by atoms with Gasteiger partial charge in [0.15, 0.2) is 0 Å². The molecular formula is C15H30N2O. The van der Waals surface area contributed by atoms with Gasteiger partial charge in [-0.15, -0.1) is 0 Å². The first-order chi connectivity index (χ1) is 8.66. The summed E-state index contributed by atoms with van der Waals surface area (Å²) in [5.74, 6) is 0.748. The van der Waals surface area contributed by atoms with Gasteiger partial charge in [-0.05, 0) is 39.2 Å². The number of nitrogens with zero attached hydrogens (tertiary/aromatic N) is 1. The molecular weight excluding hydrogens is 224 g/mol. The number of piperidine rings is 1. The van der Waals surface area contributed by atoms with Crippen molar-refractivity contribution in [1.29, 1.82) is 0 Å². The van der Waals surface area contributed by atoms with Crippen molar-refractivity contribution in [2.45, 2.75) is 64.1 Å². The fourth-order valence-electron chi connectivity index (χ4n) is 3.35. The van der Waals surface area contributed by atoms with Crippen LogP contribution in [-0.2, 0) is 4.74 Å². The molecule has 106 valence electrons. The van der Waals surface area contributed by atoms with E-state index >= 15 is 0 Å². The maximum Gasteiger partial charge on any atom is 0.0594 e. The van der Waals surface area contributed by atoms with Crippen LogP contribution in [0, 0.1) is 5.92 Å². The van der Waals surface area contributed by atoms with Gasteiger partial charge in [0.1, 0.15) is 0 Å². The zero-order valence-corrected chi connectivity index (χ0v) is 12.3. The minimum Gasteiger partial charge on any atom is -0.377 e. The summed E-state index contributed by atoms with van der Waals surface area (Å²) in [6.45, 7) is 7.80. The average Bonchev–Trinajstić information content (AvgIpc) is 2.84. The van der Waals surface area contributed by atoms with Gasteiger partial charge in [-0.25, -0.2) is 0 Å². The highest BCUT2D eigenvalue weighted by atomic mass is 16.5. The number of nitrogens with one attached hydrogen (secondary N) is 1. The lowest BCUT2D eigenvalue weighted by Crippen LogP contribution is -2.51. The molecule has 3 nitrogen and oxygen atoms in total. The van der Waals surface area contributed by atoms with E-state index in [4.69, 9.17) is 4.74 Å². The topological polar surface area (TPSA) is 24.5 Å². The number of likely N-dealkylation sites (tertiary alicyclic amines) is 1.